The number of piperidine rings is 1. The molecule has 0 saturated carbocycles. The zero-order chi connectivity index (χ0) is 21.8. The summed E-state index contributed by atoms with van der Waals surface area (Å²) in [6.07, 6.45) is 4.18. The van der Waals surface area contributed by atoms with E-state index in [2.05, 4.69) is 33.5 Å². The van der Waals surface area contributed by atoms with Crippen molar-refractivity contribution in [1.29, 1.82) is 0 Å². The summed E-state index contributed by atoms with van der Waals surface area (Å²) in [6, 6.07) is 13.5. The number of carbonyl (C=O) groups is 1. The largest absolute Gasteiger partial charge is 0.497 e. The van der Waals surface area contributed by atoms with Crippen LogP contribution in [-0.2, 0) is 4.79 Å². The van der Waals surface area contributed by atoms with Gasteiger partial charge in [-0.25, -0.2) is 0 Å². The van der Waals surface area contributed by atoms with Gasteiger partial charge in [0.1, 0.15) is 11.5 Å². The third kappa shape index (κ3) is 4.54. The van der Waals surface area contributed by atoms with Crippen LogP contribution in [0, 0.1) is 0 Å². The molecule has 31 heavy (non-hydrogen) atoms. The fourth-order valence-electron chi connectivity index (χ4n) is 4.44. The standard InChI is InChI=1S/C25H31N3O3/c1-4-31-24-8-6-5-7-23(24)27-25(29)17(2)28-13-11-18(12-14-28)21-16-26-22-10-9-19(30-3)15-20(21)22/h5-10,15-18,26H,4,11-14H2,1-3H3,(H,27,29). The Hall–Kier alpha value is -2.99. The van der Waals surface area contributed by atoms with E-state index in [0.29, 0.717) is 18.3 Å². The smallest absolute Gasteiger partial charge is 0.241 e. The molecular weight excluding hydrogens is 390 g/mol. The van der Waals surface area contributed by atoms with Crippen LogP contribution >= 0.6 is 0 Å². The first-order valence-corrected chi connectivity index (χ1v) is 11.0. The number of aromatic amines is 1. The summed E-state index contributed by atoms with van der Waals surface area (Å²) in [5.74, 6) is 2.07. The van der Waals surface area contributed by atoms with E-state index >= 15 is 0 Å². The zero-order valence-electron chi connectivity index (χ0n) is 18.5. The summed E-state index contributed by atoms with van der Waals surface area (Å²) in [7, 11) is 1.70. The van der Waals surface area contributed by atoms with E-state index < -0.39 is 0 Å². The van der Waals surface area contributed by atoms with Gasteiger partial charge in [-0.1, -0.05) is 12.1 Å². The summed E-state index contributed by atoms with van der Waals surface area (Å²) >= 11 is 0. The first-order chi connectivity index (χ1) is 15.1. The predicted octanol–water partition coefficient (Wildman–Crippen LogP) is 4.78. The average Bonchev–Trinajstić information content (AvgIpc) is 3.23. The Balaban J connectivity index is 1.39. The molecule has 2 N–H and O–H groups in total. The molecule has 2 heterocycles. The SMILES string of the molecule is CCOc1ccccc1NC(=O)C(C)N1CCC(c2c[nH]c3ccc(OC)cc23)CC1. The molecule has 6 nitrogen and oxygen atoms in total. The van der Waals surface area contributed by atoms with Gasteiger partial charge in [0, 0.05) is 17.1 Å². The van der Waals surface area contributed by atoms with Gasteiger partial charge < -0.3 is 19.8 Å². The van der Waals surface area contributed by atoms with E-state index in [0.717, 1.165) is 42.9 Å². The molecule has 1 fully saturated rings. The second kappa shape index (κ2) is 9.43. The molecule has 3 aromatic rings. The van der Waals surface area contributed by atoms with Crippen molar-refractivity contribution in [3.63, 3.8) is 0 Å². The number of ether oxygens (including phenoxy) is 2. The summed E-state index contributed by atoms with van der Waals surface area (Å²) in [5.41, 5.74) is 3.21. The van der Waals surface area contributed by atoms with E-state index in [1.807, 2.05) is 44.2 Å². The minimum Gasteiger partial charge on any atom is -0.497 e. The predicted molar refractivity (Wildman–Crippen MR) is 124 cm³/mol. The van der Waals surface area contributed by atoms with Gasteiger partial charge in [0.25, 0.3) is 0 Å². The van der Waals surface area contributed by atoms with Crippen molar-refractivity contribution in [3.8, 4) is 11.5 Å². The van der Waals surface area contributed by atoms with Gasteiger partial charge in [0.05, 0.1) is 25.4 Å². The Kier molecular flexibility index (Phi) is 6.47. The fraction of sp³-hybridized carbons (Fsp3) is 0.400. The maximum atomic E-state index is 12.9. The minimum atomic E-state index is -0.196. The highest BCUT2D eigenvalue weighted by Gasteiger charge is 2.28. The van der Waals surface area contributed by atoms with Gasteiger partial charge in [-0.2, -0.15) is 0 Å². The van der Waals surface area contributed by atoms with E-state index in [-0.39, 0.29) is 11.9 Å². The number of fused-ring (bicyclic) bond motifs is 1. The van der Waals surface area contributed by atoms with E-state index in [1.54, 1.807) is 7.11 Å². The number of amides is 1. The number of nitrogens with zero attached hydrogens (tertiary/aromatic N) is 1. The Bertz CT molecular complexity index is 1040. The average molecular weight is 422 g/mol. The summed E-state index contributed by atoms with van der Waals surface area (Å²) < 4.78 is 11.0. The summed E-state index contributed by atoms with van der Waals surface area (Å²) in [4.78, 5) is 18.6. The van der Waals surface area contributed by atoms with E-state index in [9.17, 15) is 4.79 Å². The fourth-order valence-corrected chi connectivity index (χ4v) is 4.44. The van der Waals surface area contributed by atoms with Crippen LogP contribution in [0.2, 0.25) is 0 Å². The van der Waals surface area contributed by atoms with Gasteiger partial charge in [-0.3, -0.25) is 9.69 Å². The lowest BCUT2D eigenvalue weighted by Crippen LogP contribution is -2.45. The number of hydrogen-bond acceptors (Lipinski definition) is 4. The maximum absolute atomic E-state index is 12.9. The lowest BCUT2D eigenvalue weighted by Gasteiger charge is -2.35. The van der Waals surface area contributed by atoms with Crippen LogP contribution in [0.5, 0.6) is 11.5 Å². The van der Waals surface area contributed by atoms with Crippen LogP contribution in [-0.4, -0.2) is 48.6 Å². The molecule has 0 bridgehead atoms. The highest BCUT2D eigenvalue weighted by atomic mass is 16.5. The number of benzene rings is 2. The second-order valence-corrected chi connectivity index (χ2v) is 8.06. The van der Waals surface area contributed by atoms with Crippen molar-refractivity contribution in [1.82, 2.24) is 9.88 Å². The molecule has 164 valence electrons. The van der Waals surface area contributed by atoms with Gasteiger partial charge in [0.2, 0.25) is 5.91 Å². The molecule has 0 spiro atoms. The molecule has 1 aliphatic rings. The molecule has 1 aromatic heterocycles. The molecule has 1 amide bonds. The Morgan fingerprint density at radius 2 is 2.00 bits per heavy atom. The van der Waals surface area contributed by atoms with Crippen LogP contribution in [0.25, 0.3) is 10.9 Å². The van der Waals surface area contributed by atoms with Crippen molar-refractivity contribution in [3.05, 3.63) is 54.2 Å². The molecule has 0 aliphatic carbocycles. The highest BCUT2D eigenvalue weighted by Crippen LogP contribution is 2.35. The molecule has 1 unspecified atom stereocenters. The number of methoxy groups -OCH3 is 1. The number of anilines is 1. The van der Waals surface area contributed by atoms with Crippen molar-refractivity contribution in [2.45, 2.75) is 38.6 Å². The summed E-state index contributed by atoms with van der Waals surface area (Å²) in [6.45, 7) is 6.27. The third-order valence-corrected chi connectivity index (χ3v) is 6.26. The van der Waals surface area contributed by atoms with Crippen LogP contribution in [0.1, 0.15) is 38.2 Å². The molecule has 6 heteroatoms. The lowest BCUT2D eigenvalue weighted by molar-refractivity contribution is -0.121. The number of nitrogens with one attached hydrogen (secondary N) is 2. The van der Waals surface area contributed by atoms with Gasteiger partial charge in [0.15, 0.2) is 0 Å². The van der Waals surface area contributed by atoms with Crippen LogP contribution in [0.15, 0.2) is 48.7 Å². The van der Waals surface area contributed by atoms with Crippen molar-refractivity contribution in [2.24, 2.45) is 0 Å². The van der Waals surface area contributed by atoms with Crippen molar-refractivity contribution >= 4 is 22.5 Å². The van der Waals surface area contributed by atoms with Gasteiger partial charge in [-0.15, -0.1) is 0 Å². The molecule has 2 aromatic carbocycles. The molecule has 1 atom stereocenters. The normalized spacial score (nSPS) is 16.2. The molecule has 1 saturated heterocycles. The highest BCUT2D eigenvalue weighted by molar-refractivity contribution is 5.95. The second-order valence-electron chi connectivity index (χ2n) is 8.06. The molecule has 1 aliphatic heterocycles. The number of hydrogen-bond donors (Lipinski definition) is 2. The Morgan fingerprint density at radius 3 is 2.74 bits per heavy atom. The Labute approximate surface area is 183 Å². The lowest BCUT2D eigenvalue weighted by atomic mass is 9.88. The van der Waals surface area contributed by atoms with E-state index in [4.69, 9.17) is 9.47 Å². The summed E-state index contributed by atoms with van der Waals surface area (Å²) in [5, 5.41) is 4.28. The molecule has 4 rings (SSSR count). The number of para-hydroxylation sites is 2. The van der Waals surface area contributed by atoms with Gasteiger partial charge in [-0.05, 0) is 81.6 Å². The number of rotatable bonds is 7. The first kappa shape index (κ1) is 21.2. The monoisotopic (exact) mass is 421 g/mol. The van der Waals surface area contributed by atoms with Crippen LogP contribution in [0.4, 0.5) is 5.69 Å². The topological polar surface area (TPSA) is 66.6 Å². The van der Waals surface area contributed by atoms with Crippen LogP contribution < -0.4 is 14.8 Å². The number of carbonyl (C=O) groups excluding carboxylic acids is 1. The third-order valence-electron chi connectivity index (χ3n) is 6.26. The number of H-pyrrole nitrogens is 1. The quantitative estimate of drug-likeness (QED) is 0.576. The number of likely N-dealkylation sites (tertiary alicyclic amines) is 1. The van der Waals surface area contributed by atoms with E-state index in [1.165, 1.54) is 10.9 Å². The first-order valence-electron chi connectivity index (χ1n) is 11.0. The molecular formula is C25H31N3O3. The number of aromatic nitrogens is 1. The zero-order valence-corrected chi connectivity index (χ0v) is 18.5. The minimum absolute atomic E-state index is 0.00225. The van der Waals surface area contributed by atoms with Gasteiger partial charge >= 0.3 is 0 Å². The van der Waals surface area contributed by atoms with Crippen molar-refractivity contribution < 1.29 is 14.3 Å². The maximum Gasteiger partial charge on any atom is 0.241 e. The van der Waals surface area contributed by atoms with Crippen LogP contribution in [0.3, 0.4) is 0 Å². The molecule has 0 radical (unpaired) electrons. The van der Waals surface area contributed by atoms with Crippen molar-refractivity contribution in [2.75, 3.05) is 32.1 Å². The Morgan fingerprint density at radius 1 is 1.23 bits per heavy atom.